The highest BCUT2D eigenvalue weighted by atomic mass is 16.5. The number of benzene rings is 3. The monoisotopic (exact) mass is 975 g/mol. The molecule has 0 spiro atoms. The van der Waals surface area contributed by atoms with Crippen molar-refractivity contribution in [1.82, 2.24) is 61.3 Å². The number of hydrogen-bond donors (Lipinski definition) is 5. The van der Waals surface area contributed by atoms with Crippen LogP contribution in [-0.4, -0.2) is 108 Å². The Morgan fingerprint density at radius 1 is 0.704 bits per heavy atom. The van der Waals surface area contributed by atoms with Gasteiger partial charge in [0.25, 0.3) is 0 Å². The second-order valence-electron chi connectivity index (χ2n) is 17.0. The van der Waals surface area contributed by atoms with Crippen molar-refractivity contribution < 1.29 is 38.1 Å². The maximum atomic E-state index is 12.7. The Kier molecular flexibility index (Phi) is 20.8. The highest BCUT2D eigenvalue weighted by Crippen LogP contribution is 2.22. The van der Waals surface area contributed by atoms with Crippen LogP contribution in [0.15, 0.2) is 109 Å². The summed E-state index contributed by atoms with van der Waals surface area (Å²) < 4.78 is 31.6. The van der Waals surface area contributed by atoms with E-state index in [1.54, 1.807) is 62.8 Å². The van der Waals surface area contributed by atoms with E-state index >= 15 is 0 Å². The van der Waals surface area contributed by atoms with E-state index in [0.29, 0.717) is 48.6 Å². The average molecular weight is 976 g/mol. The molecule has 0 bridgehead atoms. The number of nitrogens with one attached hydrogen (secondary N) is 3. The van der Waals surface area contributed by atoms with E-state index in [4.69, 9.17) is 35.2 Å². The highest BCUT2D eigenvalue weighted by Gasteiger charge is 2.31. The summed E-state index contributed by atoms with van der Waals surface area (Å²) in [6.07, 6.45) is 1.16. The van der Waals surface area contributed by atoms with Crippen LogP contribution >= 0.6 is 0 Å². The largest absolute Gasteiger partial charge is 0.491 e. The first-order chi connectivity index (χ1) is 34.2. The van der Waals surface area contributed by atoms with Gasteiger partial charge in [0.1, 0.15) is 43.7 Å². The minimum Gasteiger partial charge on any atom is -0.491 e. The zero-order valence-corrected chi connectivity index (χ0v) is 40.4. The van der Waals surface area contributed by atoms with Gasteiger partial charge in [-0.05, 0) is 71.8 Å². The lowest BCUT2D eigenvalue weighted by molar-refractivity contribution is -0.127. The number of aromatic nitrogens is 9. The number of amides is 3. The van der Waals surface area contributed by atoms with E-state index < -0.39 is 41.2 Å². The van der Waals surface area contributed by atoms with Gasteiger partial charge in [-0.3, -0.25) is 9.59 Å². The fraction of sp³-hybridized carbons (Fsp3) is 0.396. The number of ether oxygens (including phenoxy) is 5. The molecule has 0 fully saturated rings. The van der Waals surface area contributed by atoms with Crippen LogP contribution in [0, 0.1) is 11.3 Å². The van der Waals surface area contributed by atoms with Crippen LogP contribution in [0.4, 0.5) is 4.79 Å². The van der Waals surface area contributed by atoms with Gasteiger partial charge in [-0.2, -0.15) is 5.26 Å². The zero-order valence-electron chi connectivity index (χ0n) is 40.4. The van der Waals surface area contributed by atoms with Crippen molar-refractivity contribution in [3.63, 3.8) is 0 Å². The summed E-state index contributed by atoms with van der Waals surface area (Å²) in [6, 6.07) is 32.2. The van der Waals surface area contributed by atoms with E-state index in [2.05, 4.69) is 58.1 Å². The molecule has 376 valence electrons. The van der Waals surface area contributed by atoms with Crippen LogP contribution in [0.2, 0.25) is 0 Å². The molecule has 3 aromatic carbocycles. The third-order valence-corrected chi connectivity index (χ3v) is 10.1. The van der Waals surface area contributed by atoms with E-state index in [0.717, 1.165) is 11.1 Å². The molecule has 0 aliphatic heterocycles. The number of carbonyl (C=O) groups excluding carboxylic acids is 3. The topological polar surface area (TPSA) is 309 Å². The standard InChI is InChI=1S/C25H33N7O5.C23H28N8O3/c1-25(2,26)23(33)28-20(17-35-15-18-9-5-4-6-10-18)22-29-30-31-32(22)13-14-36-21-12-8-7-11-19(21)16-37-24(34)27-3;1-23(2,25)22(32)27-19(16-33-14-17-8-4-3-5-9-17)21-28-29-30-31(21)18(11-12-24)15-34-20-10-6-7-13-26-20/h4-12,20H,13-17,26H2,1-3H3,(H,27,34)(H,28,33);3-10,13,18-19H,11,14-16,25H2,1-2H3,(H,27,32)/t20-;18-,19-/m11/s1. The Labute approximate surface area is 411 Å². The van der Waals surface area contributed by atoms with Gasteiger partial charge < -0.3 is 51.1 Å². The predicted octanol–water partition coefficient (Wildman–Crippen LogP) is 3.43. The zero-order chi connectivity index (χ0) is 51.1. The van der Waals surface area contributed by atoms with E-state index in [1.165, 1.54) is 11.7 Å². The van der Waals surface area contributed by atoms with Crippen LogP contribution in [0.3, 0.4) is 0 Å². The van der Waals surface area contributed by atoms with Gasteiger partial charge in [0.2, 0.25) is 17.7 Å². The summed E-state index contributed by atoms with van der Waals surface area (Å²) in [5.41, 5.74) is 12.4. The highest BCUT2D eigenvalue weighted by molar-refractivity contribution is 5.85. The van der Waals surface area contributed by atoms with Gasteiger partial charge in [0.05, 0.1) is 56.5 Å². The average Bonchev–Trinajstić information content (AvgIpc) is 4.05. The second-order valence-corrected chi connectivity index (χ2v) is 17.0. The molecule has 71 heavy (non-hydrogen) atoms. The Balaban J connectivity index is 0.000000265. The van der Waals surface area contributed by atoms with E-state index in [-0.39, 0.29) is 45.4 Å². The summed E-state index contributed by atoms with van der Waals surface area (Å²) in [6.45, 7) is 8.06. The van der Waals surface area contributed by atoms with E-state index in [1.807, 2.05) is 78.9 Å². The summed E-state index contributed by atoms with van der Waals surface area (Å²) in [5, 5.41) is 41.5. The first-order valence-corrected chi connectivity index (χ1v) is 22.6. The lowest BCUT2D eigenvalue weighted by Crippen LogP contribution is -2.51. The van der Waals surface area contributed by atoms with Gasteiger partial charge in [0, 0.05) is 24.9 Å². The SMILES string of the molecule is CC(C)(N)C(=O)N[C@H](COCc1ccccc1)c1nnnn1[C@H](CC#N)COc1ccccn1.CNC(=O)OCc1ccccc1OCCn1nnnc1[C@@H](COCc1ccccc1)NC(=O)C(C)(C)N. The summed E-state index contributed by atoms with van der Waals surface area (Å²) >= 11 is 0. The summed E-state index contributed by atoms with van der Waals surface area (Å²) in [7, 11) is 1.49. The van der Waals surface area contributed by atoms with Gasteiger partial charge in [-0.15, -0.1) is 10.2 Å². The molecule has 0 radical (unpaired) electrons. The Hall–Kier alpha value is -7.91. The second kappa shape index (κ2) is 27.3. The van der Waals surface area contributed by atoms with Crippen molar-refractivity contribution in [2.24, 2.45) is 11.5 Å². The number of alkyl carbamates (subject to hydrolysis) is 1. The minimum absolute atomic E-state index is 0.0632. The van der Waals surface area contributed by atoms with Crippen LogP contribution in [0.1, 0.15) is 80.6 Å². The van der Waals surface area contributed by atoms with Crippen molar-refractivity contribution in [2.45, 2.75) is 89.7 Å². The lowest BCUT2D eigenvalue weighted by Gasteiger charge is -2.25. The van der Waals surface area contributed by atoms with Gasteiger partial charge in [-0.25, -0.2) is 19.1 Å². The van der Waals surface area contributed by atoms with Crippen LogP contribution in [0.5, 0.6) is 11.6 Å². The number of nitrogens with two attached hydrogens (primary N) is 2. The third-order valence-electron chi connectivity index (χ3n) is 10.1. The number of carbonyl (C=O) groups is 3. The number of hydrogen-bond acceptors (Lipinski definition) is 18. The molecule has 23 nitrogen and oxygen atoms in total. The molecule has 3 heterocycles. The molecule has 0 unspecified atom stereocenters. The molecular formula is C48H61N15O8. The number of rotatable bonds is 25. The Bertz CT molecular complexity index is 2580. The van der Waals surface area contributed by atoms with Gasteiger partial charge >= 0.3 is 6.09 Å². The fourth-order valence-electron chi connectivity index (χ4n) is 6.25. The lowest BCUT2D eigenvalue weighted by atomic mass is 10.1. The van der Waals surface area contributed by atoms with Crippen LogP contribution in [0.25, 0.3) is 0 Å². The molecule has 6 aromatic rings. The maximum absolute atomic E-state index is 12.7. The molecule has 6 rings (SSSR count). The molecule has 0 saturated heterocycles. The van der Waals surface area contributed by atoms with Crippen LogP contribution in [-0.2, 0) is 50.2 Å². The molecule has 3 aromatic heterocycles. The molecule has 0 aliphatic rings. The van der Waals surface area contributed by atoms with Crippen molar-refractivity contribution in [3.05, 3.63) is 138 Å². The van der Waals surface area contributed by atoms with Crippen molar-refractivity contribution in [3.8, 4) is 17.7 Å². The first-order valence-electron chi connectivity index (χ1n) is 22.6. The van der Waals surface area contributed by atoms with Crippen molar-refractivity contribution >= 4 is 17.9 Å². The Morgan fingerprint density at radius 3 is 1.85 bits per heavy atom. The predicted molar refractivity (Wildman–Crippen MR) is 256 cm³/mol. The van der Waals surface area contributed by atoms with Crippen molar-refractivity contribution in [1.29, 1.82) is 5.26 Å². The first kappa shape index (κ1) is 54.0. The van der Waals surface area contributed by atoms with Crippen molar-refractivity contribution in [2.75, 3.05) is 33.5 Å². The number of nitrogens with zero attached hydrogens (tertiary/aromatic N) is 10. The molecule has 3 atom stereocenters. The molecule has 3 amide bonds. The molecule has 7 N–H and O–H groups in total. The summed E-state index contributed by atoms with van der Waals surface area (Å²) in [4.78, 5) is 40.9. The number of pyridine rings is 1. The fourth-order valence-corrected chi connectivity index (χ4v) is 6.25. The van der Waals surface area contributed by atoms with E-state index in [9.17, 15) is 19.6 Å². The number of para-hydroxylation sites is 1. The maximum Gasteiger partial charge on any atom is 0.407 e. The van der Waals surface area contributed by atoms with Gasteiger partial charge in [-0.1, -0.05) is 84.9 Å². The van der Waals surface area contributed by atoms with Gasteiger partial charge in [0.15, 0.2) is 11.6 Å². The summed E-state index contributed by atoms with van der Waals surface area (Å²) in [5.74, 6) is 0.970. The molecule has 23 heteroatoms. The molecular weight excluding hydrogens is 915 g/mol. The minimum atomic E-state index is -1.12. The normalized spacial score (nSPS) is 12.5. The number of nitriles is 1. The Morgan fingerprint density at radius 2 is 1.27 bits per heavy atom. The smallest absolute Gasteiger partial charge is 0.407 e. The quantitative estimate of drug-likeness (QED) is 0.0549. The van der Waals surface area contributed by atoms with Crippen LogP contribution < -0.4 is 36.9 Å². The molecule has 0 saturated carbocycles. The third kappa shape index (κ3) is 17.8. The molecule has 0 aliphatic carbocycles. The number of tetrazole rings is 2.